The number of nitrogens with zero attached hydrogens (tertiary/aromatic N) is 1. The van der Waals surface area contributed by atoms with Crippen molar-refractivity contribution in [2.45, 2.75) is 5.03 Å². The van der Waals surface area contributed by atoms with Crippen molar-refractivity contribution < 1.29 is 5.11 Å². The lowest BCUT2D eigenvalue weighted by Gasteiger charge is -1.87. The van der Waals surface area contributed by atoms with Crippen molar-refractivity contribution in [3.05, 3.63) is 10.5 Å². The molecule has 0 bridgehead atoms. The van der Waals surface area contributed by atoms with Crippen LogP contribution in [0.3, 0.4) is 0 Å². The van der Waals surface area contributed by atoms with Gasteiger partial charge in [-0.1, -0.05) is 0 Å². The van der Waals surface area contributed by atoms with Crippen LogP contribution in [0.5, 0.6) is 5.88 Å². The Morgan fingerprint density at radius 2 is 2.33 bits per heavy atom. The number of H-pyrrole nitrogens is 1. The Labute approximate surface area is 56.5 Å². The van der Waals surface area contributed by atoms with Crippen LogP contribution in [0.2, 0.25) is 0 Å². The number of hydrogen-bond acceptors (Lipinski definition) is 3. The highest BCUT2D eigenvalue weighted by atomic mass is 32.1. The summed E-state index contributed by atoms with van der Waals surface area (Å²) in [6.07, 6.45) is 0. The minimum Gasteiger partial charge on any atom is -0.493 e. The fraction of sp³-hybridized carbons (Fsp3) is 0.250. The summed E-state index contributed by atoms with van der Waals surface area (Å²) in [6.45, 7) is 0. The highest BCUT2D eigenvalue weighted by Gasteiger charge is 2.03. The van der Waals surface area contributed by atoms with Gasteiger partial charge in [-0.2, -0.15) is 0 Å². The van der Waals surface area contributed by atoms with Gasteiger partial charge in [0.15, 0.2) is 0 Å². The number of aromatic nitrogens is 2. The van der Waals surface area contributed by atoms with E-state index in [2.05, 4.69) is 17.6 Å². The van der Waals surface area contributed by atoms with Gasteiger partial charge in [-0.25, -0.2) is 4.79 Å². The number of hydrogen-bond donors (Lipinski definition) is 3. The molecule has 0 aliphatic heterocycles. The first kappa shape index (κ1) is 6.28. The van der Waals surface area contributed by atoms with Gasteiger partial charge < -0.3 is 5.11 Å². The molecule has 0 aliphatic carbocycles. The van der Waals surface area contributed by atoms with Crippen molar-refractivity contribution in [2.75, 3.05) is 0 Å². The number of rotatable bonds is 0. The van der Waals surface area contributed by atoms with E-state index < -0.39 is 0 Å². The Balaban J connectivity index is 3.47. The Morgan fingerprint density at radius 1 is 1.78 bits per heavy atom. The summed E-state index contributed by atoms with van der Waals surface area (Å²) in [7, 11) is 1.51. The summed E-state index contributed by atoms with van der Waals surface area (Å²) in [5.74, 6) is -0.189. The zero-order chi connectivity index (χ0) is 7.02. The van der Waals surface area contributed by atoms with Crippen LogP contribution in [-0.4, -0.2) is 14.7 Å². The average molecular weight is 146 g/mol. The zero-order valence-corrected chi connectivity index (χ0v) is 5.64. The fourth-order valence-corrected chi connectivity index (χ4v) is 0.643. The predicted molar refractivity (Wildman–Crippen MR) is 35.0 cm³/mol. The maximum atomic E-state index is 10.6. The van der Waals surface area contributed by atoms with Crippen LogP contribution in [0.25, 0.3) is 0 Å². The topological polar surface area (TPSA) is 58.0 Å². The van der Waals surface area contributed by atoms with Crippen molar-refractivity contribution >= 4 is 12.6 Å². The molecule has 9 heavy (non-hydrogen) atoms. The summed E-state index contributed by atoms with van der Waals surface area (Å²) < 4.78 is 1.21. The summed E-state index contributed by atoms with van der Waals surface area (Å²) in [5.41, 5.74) is -0.363. The molecule has 1 aromatic heterocycles. The molecule has 0 radical (unpaired) electrons. The van der Waals surface area contributed by atoms with E-state index in [1.165, 1.54) is 11.6 Å². The Kier molecular flexibility index (Phi) is 1.28. The van der Waals surface area contributed by atoms with Gasteiger partial charge in [0.05, 0.1) is 0 Å². The van der Waals surface area contributed by atoms with Crippen molar-refractivity contribution in [3.63, 3.8) is 0 Å². The van der Waals surface area contributed by atoms with E-state index in [0.29, 0.717) is 0 Å². The van der Waals surface area contributed by atoms with Gasteiger partial charge >= 0.3 is 5.69 Å². The van der Waals surface area contributed by atoms with E-state index in [9.17, 15) is 4.79 Å². The maximum absolute atomic E-state index is 10.6. The Bertz CT molecular complexity index is 275. The third-order valence-electron chi connectivity index (χ3n) is 1.06. The molecule has 0 saturated carbocycles. The first-order valence-corrected chi connectivity index (χ1v) is 2.74. The molecule has 0 atom stereocenters. The first-order valence-electron chi connectivity index (χ1n) is 2.30. The van der Waals surface area contributed by atoms with Crippen LogP contribution in [0.1, 0.15) is 0 Å². The minimum atomic E-state index is -0.363. The number of nitrogens with one attached hydrogen (secondary N) is 1. The quantitative estimate of drug-likeness (QED) is 0.440. The molecule has 5 heteroatoms. The minimum absolute atomic E-state index is 0.189. The normalized spacial score (nSPS) is 10.0. The highest BCUT2D eigenvalue weighted by Crippen LogP contribution is 2.12. The maximum Gasteiger partial charge on any atom is 0.329 e. The zero-order valence-electron chi connectivity index (χ0n) is 4.75. The second kappa shape index (κ2) is 1.84. The average Bonchev–Trinajstić information content (AvgIpc) is 1.98. The molecule has 0 unspecified atom stereocenters. The monoisotopic (exact) mass is 146 g/mol. The molecule has 0 aromatic carbocycles. The van der Waals surface area contributed by atoms with Gasteiger partial charge in [-0.05, 0) is 0 Å². The molecular weight excluding hydrogens is 140 g/mol. The largest absolute Gasteiger partial charge is 0.493 e. The number of aromatic hydroxyl groups is 1. The van der Waals surface area contributed by atoms with E-state index in [1.807, 2.05) is 0 Å². The molecular formula is C4H6N2O2S. The van der Waals surface area contributed by atoms with Crippen molar-refractivity contribution in [3.8, 4) is 5.88 Å². The molecule has 50 valence electrons. The number of thiol groups is 1. The molecule has 2 N–H and O–H groups in total. The van der Waals surface area contributed by atoms with Gasteiger partial charge in [0.25, 0.3) is 0 Å². The molecule has 0 aliphatic rings. The van der Waals surface area contributed by atoms with Crippen molar-refractivity contribution in [2.24, 2.45) is 7.05 Å². The molecule has 0 amide bonds. The Morgan fingerprint density at radius 3 is 2.44 bits per heavy atom. The van der Waals surface area contributed by atoms with Crippen LogP contribution >= 0.6 is 12.6 Å². The highest BCUT2D eigenvalue weighted by molar-refractivity contribution is 7.80. The SMILES string of the molecule is Cn1c(S)c(O)[nH]c1=O. The molecule has 0 spiro atoms. The van der Waals surface area contributed by atoms with Crippen LogP contribution in [0, 0.1) is 0 Å². The lowest BCUT2D eigenvalue weighted by Crippen LogP contribution is -2.12. The van der Waals surface area contributed by atoms with Gasteiger partial charge in [-0.3, -0.25) is 9.55 Å². The standard InChI is InChI=1S/C4H6N2O2S/c1-6-3(9)2(7)5-4(6)8/h7,9H,1H3,(H,5,8). The number of aromatic amines is 1. The van der Waals surface area contributed by atoms with E-state index in [-0.39, 0.29) is 16.6 Å². The van der Waals surface area contributed by atoms with Gasteiger partial charge in [-0.15, -0.1) is 12.6 Å². The van der Waals surface area contributed by atoms with Crippen LogP contribution in [-0.2, 0) is 7.05 Å². The molecule has 0 saturated heterocycles. The first-order chi connectivity index (χ1) is 4.13. The summed E-state index contributed by atoms with van der Waals surface area (Å²) in [4.78, 5) is 12.7. The lowest BCUT2D eigenvalue weighted by molar-refractivity contribution is 0.440. The van der Waals surface area contributed by atoms with Crippen LogP contribution < -0.4 is 5.69 Å². The van der Waals surface area contributed by atoms with Gasteiger partial charge in [0.2, 0.25) is 5.88 Å². The van der Waals surface area contributed by atoms with E-state index in [0.717, 1.165) is 0 Å². The molecule has 1 rings (SSSR count). The van der Waals surface area contributed by atoms with Gasteiger partial charge in [0, 0.05) is 7.05 Å². The predicted octanol–water partition coefficient (Wildman–Crippen LogP) is -0.292. The van der Waals surface area contributed by atoms with Crippen LogP contribution in [0.4, 0.5) is 0 Å². The van der Waals surface area contributed by atoms with Crippen LogP contribution in [0.15, 0.2) is 9.82 Å². The third-order valence-corrected chi connectivity index (χ3v) is 1.57. The second-order valence-electron chi connectivity index (χ2n) is 1.66. The van der Waals surface area contributed by atoms with Crippen molar-refractivity contribution in [1.29, 1.82) is 0 Å². The van der Waals surface area contributed by atoms with E-state index >= 15 is 0 Å². The summed E-state index contributed by atoms with van der Waals surface area (Å²) in [6, 6.07) is 0. The molecule has 4 nitrogen and oxygen atoms in total. The van der Waals surface area contributed by atoms with E-state index in [1.54, 1.807) is 0 Å². The molecule has 1 aromatic rings. The summed E-state index contributed by atoms with van der Waals surface area (Å²) >= 11 is 3.81. The second-order valence-corrected chi connectivity index (χ2v) is 2.08. The third kappa shape index (κ3) is 0.829. The lowest BCUT2D eigenvalue weighted by atomic mass is 10.8. The van der Waals surface area contributed by atoms with Crippen molar-refractivity contribution in [1.82, 2.24) is 9.55 Å². The fourth-order valence-electron chi connectivity index (χ4n) is 0.496. The van der Waals surface area contributed by atoms with Gasteiger partial charge in [0.1, 0.15) is 5.03 Å². The van der Waals surface area contributed by atoms with E-state index in [4.69, 9.17) is 5.11 Å². The smallest absolute Gasteiger partial charge is 0.329 e. The number of imidazole rings is 1. The molecule has 0 fully saturated rings. The molecule has 1 heterocycles. The Hall–Kier alpha value is -0.840. The summed E-state index contributed by atoms with van der Waals surface area (Å²) in [5, 5.41) is 9.02.